The van der Waals surface area contributed by atoms with Gasteiger partial charge in [0.25, 0.3) is 0 Å². The molecule has 0 aliphatic heterocycles. The predicted octanol–water partition coefficient (Wildman–Crippen LogP) is 3.46. The van der Waals surface area contributed by atoms with Gasteiger partial charge in [0.05, 0.1) is 17.9 Å². The first-order valence-electron chi connectivity index (χ1n) is 7.51. The lowest BCUT2D eigenvalue weighted by molar-refractivity contribution is 0.423. The molecule has 0 aliphatic rings. The summed E-state index contributed by atoms with van der Waals surface area (Å²) in [6.07, 6.45) is 1.04. The lowest BCUT2D eigenvalue weighted by Gasteiger charge is -2.19. The van der Waals surface area contributed by atoms with Crippen molar-refractivity contribution in [2.75, 3.05) is 0 Å². The molecule has 2 aromatic rings. The van der Waals surface area contributed by atoms with Crippen molar-refractivity contribution in [1.29, 1.82) is 0 Å². The second-order valence-electron chi connectivity index (χ2n) is 6.50. The summed E-state index contributed by atoms with van der Waals surface area (Å²) in [6.45, 7) is 14.5. The van der Waals surface area contributed by atoms with Gasteiger partial charge in [-0.05, 0) is 46.6 Å². The van der Waals surface area contributed by atoms with Crippen LogP contribution in [0.4, 0.5) is 0 Å². The summed E-state index contributed by atoms with van der Waals surface area (Å²) in [7, 11) is 0. The van der Waals surface area contributed by atoms with Crippen LogP contribution in [-0.2, 0) is 19.5 Å². The first-order chi connectivity index (χ1) is 9.80. The molecular formula is C16H26N4S. The molecule has 0 radical (unpaired) electrons. The average Bonchev–Trinajstić information content (AvgIpc) is 2.93. The minimum absolute atomic E-state index is 0.123. The maximum atomic E-state index is 4.71. The van der Waals surface area contributed by atoms with E-state index in [2.05, 4.69) is 62.0 Å². The van der Waals surface area contributed by atoms with E-state index in [0.717, 1.165) is 35.9 Å². The number of thiazole rings is 1. The van der Waals surface area contributed by atoms with Crippen LogP contribution in [0.25, 0.3) is 0 Å². The number of nitrogens with one attached hydrogen (secondary N) is 1. The summed E-state index contributed by atoms with van der Waals surface area (Å²) in [5.74, 6) is 0. The van der Waals surface area contributed by atoms with Gasteiger partial charge in [-0.15, -0.1) is 11.3 Å². The third kappa shape index (κ3) is 4.14. The van der Waals surface area contributed by atoms with Crippen molar-refractivity contribution in [3.8, 4) is 0 Å². The molecule has 0 spiro atoms. The number of hydrogen-bond donors (Lipinski definition) is 1. The topological polar surface area (TPSA) is 42.7 Å². The molecule has 0 saturated carbocycles. The number of nitrogens with zero attached hydrogens (tertiary/aromatic N) is 3. The van der Waals surface area contributed by atoms with Gasteiger partial charge in [-0.1, -0.05) is 6.92 Å². The Balaban J connectivity index is 2.06. The van der Waals surface area contributed by atoms with Gasteiger partial charge >= 0.3 is 0 Å². The van der Waals surface area contributed by atoms with Crippen LogP contribution in [0.5, 0.6) is 0 Å². The van der Waals surface area contributed by atoms with Gasteiger partial charge in [-0.2, -0.15) is 5.10 Å². The van der Waals surface area contributed by atoms with Crippen LogP contribution >= 0.6 is 11.3 Å². The number of hydrogen-bond acceptors (Lipinski definition) is 4. The van der Waals surface area contributed by atoms with Gasteiger partial charge in [-0.3, -0.25) is 4.68 Å². The summed E-state index contributed by atoms with van der Waals surface area (Å²) < 4.78 is 2.07. The molecule has 116 valence electrons. The second kappa shape index (κ2) is 6.28. The van der Waals surface area contributed by atoms with Gasteiger partial charge in [0.2, 0.25) is 0 Å². The zero-order valence-electron chi connectivity index (χ0n) is 13.9. The Hall–Kier alpha value is -1.20. The summed E-state index contributed by atoms with van der Waals surface area (Å²) in [5.41, 5.74) is 4.98. The molecule has 0 aromatic carbocycles. The minimum Gasteiger partial charge on any atom is -0.306 e. The first-order valence-corrected chi connectivity index (χ1v) is 8.39. The van der Waals surface area contributed by atoms with E-state index in [9.17, 15) is 0 Å². The Morgan fingerprint density at radius 1 is 1.29 bits per heavy atom. The zero-order chi connectivity index (χ0) is 15.6. The Kier molecular flexibility index (Phi) is 4.84. The third-order valence-electron chi connectivity index (χ3n) is 3.57. The highest BCUT2D eigenvalue weighted by Crippen LogP contribution is 2.17. The SMILES string of the molecule is CCc1c(C)nn(Cc2csc(CNC(C)(C)C)n2)c1C. The number of aromatic nitrogens is 3. The molecule has 0 amide bonds. The van der Waals surface area contributed by atoms with Crippen LogP contribution in [0.15, 0.2) is 5.38 Å². The fourth-order valence-electron chi connectivity index (χ4n) is 2.40. The normalized spacial score (nSPS) is 12.1. The molecule has 0 aliphatic carbocycles. The van der Waals surface area contributed by atoms with Crippen LogP contribution in [0.3, 0.4) is 0 Å². The van der Waals surface area contributed by atoms with E-state index in [1.165, 1.54) is 11.3 Å². The Bertz CT molecular complexity index is 604. The molecule has 2 heterocycles. The highest BCUT2D eigenvalue weighted by molar-refractivity contribution is 7.09. The van der Waals surface area contributed by atoms with Gasteiger partial charge in [-0.25, -0.2) is 4.98 Å². The quantitative estimate of drug-likeness (QED) is 0.920. The Morgan fingerprint density at radius 2 is 2.00 bits per heavy atom. The van der Waals surface area contributed by atoms with E-state index in [1.54, 1.807) is 11.3 Å². The van der Waals surface area contributed by atoms with Gasteiger partial charge in [0.1, 0.15) is 5.01 Å². The van der Waals surface area contributed by atoms with E-state index >= 15 is 0 Å². The monoisotopic (exact) mass is 306 g/mol. The van der Waals surface area contributed by atoms with Crippen LogP contribution in [0.1, 0.15) is 55.3 Å². The van der Waals surface area contributed by atoms with Crippen molar-refractivity contribution in [2.45, 2.75) is 66.6 Å². The molecular weight excluding hydrogens is 280 g/mol. The van der Waals surface area contributed by atoms with E-state index in [0.29, 0.717) is 0 Å². The fourth-order valence-corrected chi connectivity index (χ4v) is 3.12. The smallest absolute Gasteiger partial charge is 0.107 e. The first kappa shape index (κ1) is 16.2. The van der Waals surface area contributed by atoms with Crippen molar-refractivity contribution in [2.24, 2.45) is 0 Å². The molecule has 1 N–H and O–H groups in total. The van der Waals surface area contributed by atoms with Crippen LogP contribution in [0.2, 0.25) is 0 Å². The van der Waals surface area contributed by atoms with E-state index in [-0.39, 0.29) is 5.54 Å². The summed E-state index contributed by atoms with van der Waals surface area (Å²) in [6, 6.07) is 0. The van der Waals surface area contributed by atoms with Crippen molar-refractivity contribution >= 4 is 11.3 Å². The van der Waals surface area contributed by atoms with Crippen molar-refractivity contribution in [1.82, 2.24) is 20.1 Å². The highest BCUT2D eigenvalue weighted by Gasteiger charge is 2.13. The molecule has 2 rings (SSSR count). The van der Waals surface area contributed by atoms with Crippen molar-refractivity contribution in [3.63, 3.8) is 0 Å². The lowest BCUT2D eigenvalue weighted by atomic mass is 10.1. The van der Waals surface area contributed by atoms with E-state index < -0.39 is 0 Å². The van der Waals surface area contributed by atoms with Gasteiger partial charge in [0, 0.05) is 23.2 Å². The lowest BCUT2D eigenvalue weighted by Crippen LogP contribution is -2.35. The average molecular weight is 306 g/mol. The zero-order valence-corrected chi connectivity index (χ0v) is 14.8. The van der Waals surface area contributed by atoms with Crippen LogP contribution < -0.4 is 5.32 Å². The van der Waals surface area contributed by atoms with Crippen molar-refractivity contribution in [3.05, 3.63) is 33.0 Å². The molecule has 5 heteroatoms. The summed E-state index contributed by atoms with van der Waals surface area (Å²) >= 11 is 1.72. The largest absolute Gasteiger partial charge is 0.306 e. The third-order valence-corrected chi connectivity index (χ3v) is 4.46. The number of rotatable bonds is 5. The second-order valence-corrected chi connectivity index (χ2v) is 7.44. The van der Waals surface area contributed by atoms with Crippen molar-refractivity contribution < 1.29 is 0 Å². The summed E-state index contributed by atoms with van der Waals surface area (Å²) in [5, 5.41) is 11.4. The molecule has 4 nitrogen and oxygen atoms in total. The fraction of sp³-hybridized carbons (Fsp3) is 0.625. The Labute approximate surface area is 131 Å². The van der Waals surface area contributed by atoms with Gasteiger partial charge < -0.3 is 5.32 Å². The molecule has 0 saturated heterocycles. The minimum atomic E-state index is 0.123. The molecule has 2 aromatic heterocycles. The highest BCUT2D eigenvalue weighted by atomic mass is 32.1. The molecule has 0 bridgehead atoms. The predicted molar refractivity (Wildman–Crippen MR) is 88.9 cm³/mol. The van der Waals surface area contributed by atoms with Gasteiger partial charge in [0.15, 0.2) is 0 Å². The maximum absolute atomic E-state index is 4.71. The number of aryl methyl sites for hydroxylation is 1. The van der Waals surface area contributed by atoms with E-state index in [4.69, 9.17) is 4.98 Å². The Morgan fingerprint density at radius 3 is 2.57 bits per heavy atom. The maximum Gasteiger partial charge on any atom is 0.107 e. The molecule has 21 heavy (non-hydrogen) atoms. The molecule has 0 atom stereocenters. The summed E-state index contributed by atoms with van der Waals surface area (Å²) in [4.78, 5) is 4.71. The van der Waals surface area contributed by atoms with E-state index in [1.807, 2.05) is 0 Å². The standard InChI is InChI=1S/C16H26N4S/c1-7-14-11(2)19-20(12(14)3)9-13-10-21-15(18-13)8-17-16(4,5)6/h10,17H,7-9H2,1-6H3. The molecule has 0 unspecified atom stereocenters. The van der Waals surface area contributed by atoms with Crippen LogP contribution in [-0.4, -0.2) is 20.3 Å². The van der Waals surface area contributed by atoms with Crippen LogP contribution in [0, 0.1) is 13.8 Å². The molecule has 0 fully saturated rings.